The van der Waals surface area contributed by atoms with Crippen LogP contribution in [0.3, 0.4) is 0 Å². The Morgan fingerprint density at radius 3 is 2.83 bits per heavy atom. The van der Waals surface area contributed by atoms with Crippen LogP contribution in [0.1, 0.15) is 20.8 Å². The molecule has 2 unspecified atom stereocenters. The molecular weight excluding hydrogens is 234 g/mol. The zero-order valence-corrected chi connectivity index (χ0v) is 11.6. The second-order valence-corrected chi connectivity index (χ2v) is 4.94. The van der Waals surface area contributed by atoms with E-state index in [4.69, 9.17) is 14.2 Å². The Hall–Kier alpha value is -0.650. The van der Waals surface area contributed by atoms with Crippen molar-refractivity contribution >= 4 is 5.97 Å². The molecule has 0 saturated carbocycles. The molecule has 1 fully saturated rings. The summed E-state index contributed by atoms with van der Waals surface area (Å²) in [7, 11) is 0. The molecule has 0 radical (unpaired) electrons. The van der Waals surface area contributed by atoms with Crippen molar-refractivity contribution < 1.29 is 19.0 Å². The minimum absolute atomic E-state index is 0.0825. The highest BCUT2D eigenvalue weighted by Crippen LogP contribution is 2.15. The van der Waals surface area contributed by atoms with Crippen LogP contribution < -0.4 is 5.32 Å². The summed E-state index contributed by atoms with van der Waals surface area (Å²) in [5.74, 6) is 0.128. The van der Waals surface area contributed by atoms with Gasteiger partial charge < -0.3 is 19.5 Å². The van der Waals surface area contributed by atoms with E-state index in [1.165, 1.54) is 0 Å². The van der Waals surface area contributed by atoms with Gasteiger partial charge in [-0.2, -0.15) is 0 Å². The Bertz CT molecular complexity index is 245. The second-order valence-electron chi connectivity index (χ2n) is 4.94. The topological polar surface area (TPSA) is 56.8 Å². The minimum Gasteiger partial charge on any atom is -0.463 e. The number of likely N-dealkylation sites (N-methyl/N-ethyl adjacent to an activating group) is 1. The van der Waals surface area contributed by atoms with Gasteiger partial charge in [0.05, 0.1) is 25.7 Å². The summed E-state index contributed by atoms with van der Waals surface area (Å²) in [4.78, 5) is 11.8. The molecular formula is C13H25NO4. The molecule has 18 heavy (non-hydrogen) atoms. The molecule has 0 amide bonds. The van der Waals surface area contributed by atoms with Crippen molar-refractivity contribution in [3.05, 3.63) is 0 Å². The van der Waals surface area contributed by atoms with Crippen molar-refractivity contribution in [2.45, 2.75) is 26.8 Å². The minimum atomic E-state index is -0.188. The summed E-state index contributed by atoms with van der Waals surface area (Å²) in [6.45, 7) is 9.52. The lowest BCUT2D eigenvalue weighted by atomic mass is 10.0. The molecule has 0 aromatic heterocycles. The summed E-state index contributed by atoms with van der Waals surface area (Å²) < 4.78 is 15.9. The van der Waals surface area contributed by atoms with Gasteiger partial charge in [0.2, 0.25) is 0 Å². The van der Waals surface area contributed by atoms with Crippen molar-refractivity contribution in [3.8, 4) is 0 Å². The summed E-state index contributed by atoms with van der Waals surface area (Å²) >= 11 is 0. The highest BCUT2D eigenvalue weighted by Gasteiger charge is 2.34. The highest BCUT2D eigenvalue weighted by atomic mass is 16.6. The molecule has 2 atom stereocenters. The molecule has 0 bridgehead atoms. The molecule has 1 N–H and O–H groups in total. The quantitative estimate of drug-likeness (QED) is 0.517. The second kappa shape index (κ2) is 8.45. The Labute approximate surface area is 109 Å². The van der Waals surface area contributed by atoms with E-state index in [2.05, 4.69) is 19.2 Å². The fraction of sp³-hybridized carbons (Fsp3) is 0.923. The van der Waals surface area contributed by atoms with E-state index in [-0.39, 0.29) is 17.9 Å². The molecule has 0 aliphatic carbocycles. The lowest BCUT2D eigenvalue weighted by molar-refractivity contribution is -0.150. The average Bonchev–Trinajstić information content (AvgIpc) is 2.77. The van der Waals surface area contributed by atoms with Crippen LogP contribution in [-0.4, -0.2) is 51.6 Å². The van der Waals surface area contributed by atoms with Gasteiger partial charge in [-0.3, -0.25) is 4.79 Å². The number of carbonyl (C=O) groups excluding carboxylic acids is 1. The van der Waals surface area contributed by atoms with Gasteiger partial charge in [-0.1, -0.05) is 20.8 Å². The fourth-order valence-electron chi connectivity index (χ4n) is 1.88. The predicted octanol–water partition coefficient (Wildman–Crippen LogP) is 0.827. The van der Waals surface area contributed by atoms with Crippen LogP contribution in [0, 0.1) is 11.8 Å². The van der Waals surface area contributed by atoms with Gasteiger partial charge >= 0.3 is 5.97 Å². The molecule has 0 aromatic carbocycles. The van der Waals surface area contributed by atoms with Gasteiger partial charge in [-0.25, -0.2) is 0 Å². The number of carbonyl (C=O) groups is 1. The van der Waals surface area contributed by atoms with E-state index in [1.807, 2.05) is 6.92 Å². The first-order valence-corrected chi connectivity index (χ1v) is 6.70. The molecule has 1 aliphatic rings. The van der Waals surface area contributed by atoms with Crippen LogP contribution in [0.2, 0.25) is 0 Å². The predicted molar refractivity (Wildman–Crippen MR) is 68.4 cm³/mol. The van der Waals surface area contributed by atoms with E-state index >= 15 is 0 Å². The van der Waals surface area contributed by atoms with Crippen LogP contribution >= 0.6 is 0 Å². The first-order chi connectivity index (χ1) is 8.65. The maximum absolute atomic E-state index is 11.8. The number of esters is 1. The maximum atomic E-state index is 11.8. The Morgan fingerprint density at radius 1 is 1.39 bits per heavy atom. The maximum Gasteiger partial charge on any atom is 0.313 e. The standard InChI is InChI=1S/C13H25NO4/c1-4-14-12-9-17-8-11(12)13(15)18-6-5-16-7-10(2)3/h10-12,14H,4-9H2,1-3H3. The molecule has 1 heterocycles. The van der Waals surface area contributed by atoms with Crippen LogP contribution in [0.25, 0.3) is 0 Å². The van der Waals surface area contributed by atoms with Gasteiger partial charge in [0.1, 0.15) is 6.61 Å². The number of rotatable bonds is 8. The lowest BCUT2D eigenvalue weighted by Gasteiger charge is -2.17. The van der Waals surface area contributed by atoms with Crippen molar-refractivity contribution in [1.29, 1.82) is 0 Å². The largest absolute Gasteiger partial charge is 0.463 e. The third-order valence-electron chi connectivity index (χ3n) is 2.77. The van der Waals surface area contributed by atoms with Crippen molar-refractivity contribution in [2.24, 2.45) is 11.8 Å². The zero-order valence-electron chi connectivity index (χ0n) is 11.6. The Kier molecular flexibility index (Phi) is 7.23. The summed E-state index contributed by atoms with van der Waals surface area (Å²) in [6, 6.07) is 0.0825. The number of hydrogen-bond donors (Lipinski definition) is 1. The van der Waals surface area contributed by atoms with Crippen molar-refractivity contribution in [3.63, 3.8) is 0 Å². The summed E-state index contributed by atoms with van der Waals surface area (Å²) in [5, 5.41) is 3.23. The van der Waals surface area contributed by atoms with Crippen molar-refractivity contribution in [2.75, 3.05) is 39.6 Å². The third-order valence-corrected chi connectivity index (χ3v) is 2.77. The summed E-state index contributed by atoms with van der Waals surface area (Å²) in [5.41, 5.74) is 0. The molecule has 0 aromatic rings. The first-order valence-electron chi connectivity index (χ1n) is 6.70. The molecule has 0 spiro atoms. The smallest absolute Gasteiger partial charge is 0.313 e. The number of hydrogen-bond acceptors (Lipinski definition) is 5. The van der Waals surface area contributed by atoms with E-state index < -0.39 is 0 Å². The molecule has 5 heteroatoms. The fourth-order valence-corrected chi connectivity index (χ4v) is 1.88. The Balaban J connectivity index is 2.15. The van der Waals surface area contributed by atoms with E-state index in [0.717, 1.165) is 6.54 Å². The molecule has 1 rings (SSSR count). The summed E-state index contributed by atoms with van der Waals surface area (Å²) in [6.07, 6.45) is 0. The normalized spacial score (nSPS) is 23.6. The SMILES string of the molecule is CCNC1COCC1C(=O)OCCOCC(C)C. The third kappa shape index (κ3) is 5.33. The lowest BCUT2D eigenvalue weighted by Crippen LogP contribution is -2.40. The molecule has 1 aliphatic heterocycles. The van der Waals surface area contributed by atoms with E-state index in [9.17, 15) is 4.79 Å². The van der Waals surface area contributed by atoms with Gasteiger partial charge in [-0.05, 0) is 12.5 Å². The molecule has 1 saturated heterocycles. The van der Waals surface area contributed by atoms with E-state index in [1.54, 1.807) is 0 Å². The monoisotopic (exact) mass is 259 g/mol. The average molecular weight is 259 g/mol. The van der Waals surface area contributed by atoms with Gasteiger partial charge in [0, 0.05) is 12.6 Å². The van der Waals surface area contributed by atoms with Crippen LogP contribution in [0.4, 0.5) is 0 Å². The number of ether oxygens (including phenoxy) is 3. The number of nitrogens with one attached hydrogen (secondary N) is 1. The zero-order chi connectivity index (χ0) is 13.4. The van der Waals surface area contributed by atoms with Crippen LogP contribution in [0.15, 0.2) is 0 Å². The molecule has 5 nitrogen and oxygen atoms in total. The Morgan fingerprint density at radius 2 is 2.17 bits per heavy atom. The van der Waals surface area contributed by atoms with Gasteiger partial charge in [-0.15, -0.1) is 0 Å². The molecule has 106 valence electrons. The van der Waals surface area contributed by atoms with Crippen LogP contribution in [-0.2, 0) is 19.0 Å². The first kappa shape index (κ1) is 15.4. The highest BCUT2D eigenvalue weighted by molar-refractivity contribution is 5.73. The van der Waals surface area contributed by atoms with Crippen molar-refractivity contribution in [1.82, 2.24) is 5.32 Å². The van der Waals surface area contributed by atoms with E-state index in [0.29, 0.717) is 39.0 Å². The van der Waals surface area contributed by atoms with Gasteiger partial charge in [0.25, 0.3) is 0 Å². The van der Waals surface area contributed by atoms with Crippen LogP contribution in [0.5, 0.6) is 0 Å². The van der Waals surface area contributed by atoms with Gasteiger partial charge in [0.15, 0.2) is 0 Å².